The van der Waals surface area contributed by atoms with Crippen molar-refractivity contribution in [3.05, 3.63) is 51.8 Å². The van der Waals surface area contributed by atoms with Crippen LogP contribution >= 0.6 is 0 Å². The zero-order chi connectivity index (χ0) is 22.4. The molecule has 2 aliphatic rings. The van der Waals surface area contributed by atoms with Crippen LogP contribution in [0.4, 0.5) is 0 Å². The van der Waals surface area contributed by atoms with Gasteiger partial charge >= 0.3 is 10.1 Å². The fraction of sp³-hybridized carbons (Fsp3) is 0.476. The first-order chi connectivity index (χ1) is 13.8. The van der Waals surface area contributed by atoms with E-state index in [4.69, 9.17) is 4.18 Å². The third-order valence-corrected chi connectivity index (χ3v) is 7.19. The molecule has 1 aliphatic heterocycles. The second kappa shape index (κ2) is 7.94. The summed E-state index contributed by atoms with van der Waals surface area (Å²) in [6.45, 7) is 6.45. The summed E-state index contributed by atoms with van der Waals surface area (Å²) >= 11 is 0. The second-order valence-electron chi connectivity index (χ2n) is 8.23. The Morgan fingerprint density at radius 3 is 2.17 bits per heavy atom. The van der Waals surface area contributed by atoms with Crippen molar-refractivity contribution in [2.75, 3.05) is 25.6 Å². The van der Waals surface area contributed by atoms with Gasteiger partial charge in [-0.1, -0.05) is 23.8 Å². The van der Waals surface area contributed by atoms with Crippen molar-refractivity contribution in [2.24, 2.45) is 5.92 Å². The van der Waals surface area contributed by atoms with Crippen LogP contribution < -0.4 is 0 Å². The van der Waals surface area contributed by atoms with Gasteiger partial charge in [0, 0.05) is 25.1 Å². The van der Waals surface area contributed by atoms with E-state index in [2.05, 4.69) is 0 Å². The lowest BCUT2D eigenvalue weighted by atomic mass is 9.91. The summed E-state index contributed by atoms with van der Waals surface area (Å²) in [6, 6.07) is 3.90. The van der Waals surface area contributed by atoms with Crippen molar-refractivity contribution >= 4 is 31.5 Å². The van der Waals surface area contributed by atoms with Gasteiger partial charge in [0.1, 0.15) is 5.76 Å². The average molecular weight is 454 g/mol. The second-order valence-corrected chi connectivity index (χ2v) is 11.8. The third kappa shape index (κ3) is 4.84. The maximum absolute atomic E-state index is 13.3. The quantitative estimate of drug-likeness (QED) is 0.502. The van der Waals surface area contributed by atoms with Gasteiger partial charge in [-0.25, -0.2) is 12.7 Å². The van der Waals surface area contributed by atoms with E-state index in [0.717, 1.165) is 22.9 Å². The predicted octanol–water partition coefficient (Wildman–Crippen LogP) is 2.48. The summed E-state index contributed by atoms with van der Waals surface area (Å²) in [4.78, 5) is 13.3. The van der Waals surface area contributed by atoms with Crippen LogP contribution in [-0.4, -0.2) is 52.5 Å². The Balaban J connectivity index is 2.02. The molecule has 0 saturated carbocycles. The van der Waals surface area contributed by atoms with Crippen LogP contribution in [0.3, 0.4) is 0 Å². The first kappa shape index (κ1) is 22.7. The molecule has 1 aromatic carbocycles. The average Bonchev–Trinajstić information content (AvgIpc) is 3.13. The van der Waals surface area contributed by atoms with Crippen LogP contribution in [0, 0.1) is 26.7 Å². The van der Waals surface area contributed by atoms with Crippen LogP contribution in [0.1, 0.15) is 35.1 Å². The molecule has 0 spiro atoms. The van der Waals surface area contributed by atoms with E-state index in [1.807, 2.05) is 32.9 Å². The Labute approximate surface area is 178 Å². The summed E-state index contributed by atoms with van der Waals surface area (Å²) in [6.07, 6.45) is 4.60. The minimum atomic E-state index is -3.81. The zero-order valence-corrected chi connectivity index (χ0v) is 19.5. The monoisotopic (exact) mass is 453 g/mol. The van der Waals surface area contributed by atoms with Gasteiger partial charge in [0.25, 0.3) is 0 Å². The first-order valence-electron chi connectivity index (χ1n) is 9.67. The molecular formula is C21H27NO6S2. The number of hydrogen-bond acceptors (Lipinski definition) is 6. The van der Waals surface area contributed by atoms with Gasteiger partial charge in [-0.3, -0.25) is 4.79 Å². The molecule has 1 aliphatic carbocycles. The minimum absolute atomic E-state index is 0.0728. The Morgan fingerprint density at radius 2 is 1.67 bits per heavy atom. The standard InChI is InChI=1S/C21H27NO6S2/c1-13-8-14(2)19(15(3)9-13)20-18(28-30(5,26)27)11-17(21(20)23)10-16-6-7-22(12-16)29(4,24)25/h8-10,16H,6-7,11-12H2,1-5H3/b17-10+. The van der Waals surface area contributed by atoms with Crippen molar-refractivity contribution < 1.29 is 25.8 Å². The number of nitrogens with zero attached hydrogens (tertiary/aromatic N) is 1. The van der Waals surface area contributed by atoms with Gasteiger partial charge in [-0.2, -0.15) is 8.42 Å². The molecule has 3 rings (SSSR count). The van der Waals surface area contributed by atoms with Gasteiger partial charge in [-0.15, -0.1) is 0 Å². The Hall–Kier alpha value is -1.97. The lowest BCUT2D eigenvalue weighted by Gasteiger charge is -2.13. The number of carbonyl (C=O) groups excluding carboxylic acids is 1. The molecular weight excluding hydrogens is 426 g/mol. The Morgan fingerprint density at radius 1 is 1.07 bits per heavy atom. The number of carbonyl (C=O) groups is 1. The maximum Gasteiger partial charge on any atom is 0.305 e. The molecule has 0 radical (unpaired) electrons. The number of hydrogen-bond donors (Lipinski definition) is 0. The van der Waals surface area contributed by atoms with Crippen LogP contribution in [-0.2, 0) is 29.1 Å². The number of benzene rings is 1. The third-order valence-electron chi connectivity index (χ3n) is 5.42. The number of rotatable bonds is 5. The zero-order valence-electron chi connectivity index (χ0n) is 17.9. The van der Waals surface area contributed by atoms with E-state index in [1.54, 1.807) is 6.08 Å². The first-order valence-corrected chi connectivity index (χ1v) is 13.3. The van der Waals surface area contributed by atoms with Crippen molar-refractivity contribution in [1.82, 2.24) is 4.31 Å². The Kier molecular flexibility index (Phi) is 6.01. The number of aryl methyl sites for hydroxylation is 3. The molecule has 1 heterocycles. The minimum Gasteiger partial charge on any atom is -0.386 e. The number of ketones is 1. The number of allylic oxidation sites excluding steroid dienone is 2. The highest BCUT2D eigenvalue weighted by atomic mass is 32.2. The fourth-order valence-electron chi connectivity index (χ4n) is 4.32. The molecule has 30 heavy (non-hydrogen) atoms. The van der Waals surface area contributed by atoms with E-state index in [0.29, 0.717) is 30.6 Å². The van der Waals surface area contributed by atoms with Crippen molar-refractivity contribution in [2.45, 2.75) is 33.6 Å². The van der Waals surface area contributed by atoms with Crippen LogP contribution in [0.2, 0.25) is 0 Å². The normalized spacial score (nSPS) is 22.4. The van der Waals surface area contributed by atoms with Gasteiger partial charge in [0.15, 0.2) is 5.78 Å². The predicted molar refractivity (Wildman–Crippen MR) is 116 cm³/mol. The lowest BCUT2D eigenvalue weighted by Crippen LogP contribution is -2.27. The van der Waals surface area contributed by atoms with E-state index in [1.165, 1.54) is 10.6 Å². The highest BCUT2D eigenvalue weighted by molar-refractivity contribution is 7.88. The molecule has 164 valence electrons. The van der Waals surface area contributed by atoms with Crippen LogP contribution in [0.5, 0.6) is 0 Å². The molecule has 0 aromatic heterocycles. The van der Waals surface area contributed by atoms with E-state index < -0.39 is 20.1 Å². The topological polar surface area (TPSA) is 97.8 Å². The maximum atomic E-state index is 13.3. The Bertz CT molecular complexity index is 1150. The number of sulfonamides is 1. The summed E-state index contributed by atoms with van der Waals surface area (Å²) in [7, 11) is -7.09. The van der Waals surface area contributed by atoms with Crippen LogP contribution in [0.25, 0.3) is 5.57 Å². The summed E-state index contributed by atoms with van der Waals surface area (Å²) in [5, 5.41) is 0. The molecule has 0 bridgehead atoms. The smallest absolute Gasteiger partial charge is 0.305 e. The summed E-state index contributed by atoms with van der Waals surface area (Å²) < 4.78 is 53.8. The van der Waals surface area contributed by atoms with Crippen molar-refractivity contribution in [3.8, 4) is 0 Å². The van der Waals surface area contributed by atoms with Crippen molar-refractivity contribution in [3.63, 3.8) is 0 Å². The molecule has 1 saturated heterocycles. The van der Waals surface area contributed by atoms with E-state index in [-0.39, 0.29) is 29.5 Å². The molecule has 7 nitrogen and oxygen atoms in total. The molecule has 1 aromatic rings. The molecule has 1 unspecified atom stereocenters. The SMILES string of the molecule is Cc1cc(C)c(C2=C(OS(C)(=O)=O)C/C(=C\C3CCN(S(C)(=O)=O)C3)C2=O)c(C)c1. The highest BCUT2D eigenvalue weighted by Gasteiger charge is 2.36. The number of Topliss-reactive ketones (excluding diaryl/α,β-unsaturated/α-hetero) is 1. The molecule has 0 N–H and O–H groups in total. The van der Waals surface area contributed by atoms with Gasteiger partial charge < -0.3 is 4.18 Å². The van der Waals surface area contributed by atoms with E-state index in [9.17, 15) is 21.6 Å². The van der Waals surface area contributed by atoms with E-state index >= 15 is 0 Å². The highest BCUT2D eigenvalue weighted by Crippen LogP contribution is 2.40. The largest absolute Gasteiger partial charge is 0.386 e. The fourth-order valence-corrected chi connectivity index (χ4v) is 5.73. The molecule has 1 fully saturated rings. The summed E-state index contributed by atoms with van der Waals surface area (Å²) in [5.41, 5.74) is 4.21. The van der Waals surface area contributed by atoms with Gasteiger partial charge in [0.2, 0.25) is 10.0 Å². The van der Waals surface area contributed by atoms with Gasteiger partial charge in [-0.05, 0) is 49.8 Å². The van der Waals surface area contributed by atoms with Crippen molar-refractivity contribution in [1.29, 1.82) is 0 Å². The van der Waals surface area contributed by atoms with Crippen LogP contribution in [0.15, 0.2) is 29.5 Å². The molecule has 1 atom stereocenters. The van der Waals surface area contributed by atoms with Gasteiger partial charge in [0.05, 0.1) is 18.1 Å². The molecule has 9 heteroatoms. The molecule has 0 amide bonds. The summed E-state index contributed by atoms with van der Waals surface area (Å²) in [5.74, 6) is -0.235. The lowest BCUT2D eigenvalue weighted by molar-refractivity contribution is -0.110.